The number of hydrogen-bond donors (Lipinski definition) is 2. The Morgan fingerprint density at radius 2 is 1.87 bits per heavy atom. The van der Waals surface area contributed by atoms with Gasteiger partial charge < -0.3 is 9.47 Å². The summed E-state index contributed by atoms with van der Waals surface area (Å²) in [7, 11) is 0. The molecular formula is C23H20FN3O4. The minimum atomic E-state index is -0.588. The van der Waals surface area contributed by atoms with E-state index in [9.17, 15) is 14.0 Å². The van der Waals surface area contributed by atoms with Crippen molar-refractivity contribution in [2.45, 2.75) is 6.92 Å². The minimum Gasteiger partial charge on any atom is -0.494 e. The second-order valence-corrected chi connectivity index (χ2v) is 6.21. The van der Waals surface area contributed by atoms with Crippen LogP contribution < -0.4 is 20.3 Å². The quantitative estimate of drug-likeness (QED) is 0.446. The summed E-state index contributed by atoms with van der Waals surface area (Å²) in [4.78, 5) is 27.9. The number of benzene rings is 2. The highest BCUT2D eigenvalue weighted by Gasteiger charge is 2.07. The molecule has 0 unspecified atom stereocenters. The van der Waals surface area contributed by atoms with E-state index in [1.54, 1.807) is 48.7 Å². The van der Waals surface area contributed by atoms with Gasteiger partial charge in [-0.1, -0.05) is 6.07 Å². The van der Waals surface area contributed by atoms with Crippen LogP contribution in [0.4, 0.5) is 4.39 Å². The lowest BCUT2D eigenvalue weighted by Gasteiger charge is -2.07. The lowest BCUT2D eigenvalue weighted by atomic mass is 10.2. The van der Waals surface area contributed by atoms with Crippen LogP contribution in [0, 0.1) is 5.82 Å². The van der Waals surface area contributed by atoms with E-state index in [4.69, 9.17) is 9.47 Å². The van der Waals surface area contributed by atoms with Gasteiger partial charge in [-0.15, -0.1) is 0 Å². The number of carbonyl (C=O) groups excluding carboxylic acids is 2. The highest BCUT2D eigenvalue weighted by Crippen LogP contribution is 2.24. The first-order valence-electron chi connectivity index (χ1n) is 9.44. The molecule has 0 saturated heterocycles. The van der Waals surface area contributed by atoms with Crippen molar-refractivity contribution in [2.24, 2.45) is 0 Å². The van der Waals surface area contributed by atoms with Gasteiger partial charge >= 0.3 is 0 Å². The summed E-state index contributed by atoms with van der Waals surface area (Å²) in [5.41, 5.74) is 5.38. The molecule has 1 aromatic heterocycles. The number of aromatic nitrogens is 1. The highest BCUT2D eigenvalue weighted by molar-refractivity contribution is 5.98. The maximum atomic E-state index is 14.2. The van der Waals surface area contributed by atoms with Crippen LogP contribution in [0.5, 0.6) is 17.2 Å². The normalized spacial score (nSPS) is 10.5. The van der Waals surface area contributed by atoms with Gasteiger partial charge in [0.15, 0.2) is 11.6 Å². The Balaban J connectivity index is 1.52. The third-order valence-electron chi connectivity index (χ3n) is 3.97. The molecule has 0 fully saturated rings. The number of nitrogens with one attached hydrogen (secondary N) is 2. The molecular weight excluding hydrogens is 401 g/mol. The van der Waals surface area contributed by atoms with Crippen molar-refractivity contribution >= 4 is 17.9 Å². The molecule has 0 bridgehead atoms. The van der Waals surface area contributed by atoms with Crippen molar-refractivity contribution in [1.29, 1.82) is 0 Å². The Kier molecular flexibility index (Phi) is 7.31. The van der Waals surface area contributed by atoms with Gasteiger partial charge in [-0.25, -0.2) is 4.39 Å². The van der Waals surface area contributed by atoms with Crippen LogP contribution in [0.25, 0.3) is 6.08 Å². The third-order valence-corrected chi connectivity index (χ3v) is 3.97. The first-order valence-corrected chi connectivity index (χ1v) is 9.44. The van der Waals surface area contributed by atoms with Gasteiger partial charge in [-0.3, -0.25) is 25.4 Å². The number of hydrogen-bond acceptors (Lipinski definition) is 5. The lowest BCUT2D eigenvalue weighted by Crippen LogP contribution is -2.40. The van der Waals surface area contributed by atoms with Crippen molar-refractivity contribution in [3.05, 3.63) is 90.0 Å². The number of amides is 2. The lowest BCUT2D eigenvalue weighted by molar-refractivity contribution is -0.117. The third kappa shape index (κ3) is 6.40. The predicted molar refractivity (Wildman–Crippen MR) is 113 cm³/mol. The highest BCUT2D eigenvalue weighted by atomic mass is 19.1. The Morgan fingerprint density at radius 1 is 1.06 bits per heavy atom. The molecule has 3 aromatic rings. The molecule has 0 radical (unpaired) electrons. The standard InChI is InChI=1S/C23H20FN3O4/c1-2-30-18-9-7-17(8-10-18)23(29)27-26-22(28)12-6-16-5-11-21(20(24)14-16)31-19-4-3-13-25-15-19/h3-15H,2H2,1H3,(H,26,28)(H,27,29)/b12-6+. The largest absolute Gasteiger partial charge is 0.494 e. The summed E-state index contributed by atoms with van der Waals surface area (Å²) in [6.45, 7) is 2.39. The van der Waals surface area contributed by atoms with Crippen molar-refractivity contribution in [2.75, 3.05) is 6.61 Å². The average molecular weight is 421 g/mol. The van der Waals surface area contributed by atoms with Crippen LogP contribution in [0.1, 0.15) is 22.8 Å². The van der Waals surface area contributed by atoms with Gasteiger partial charge in [0.05, 0.1) is 12.8 Å². The van der Waals surface area contributed by atoms with Crippen LogP contribution in [-0.2, 0) is 4.79 Å². The average Bonchev–Trinajstić information content (AvgIpc) is 2.79. The molecule has 0 atom stereocenters. The molecule has 0 aliphatic carbocycles. The maximum Gasteiger partial charge on any atom is 0.269 e. The van der Waals surface area contributed by atoms with Gasteiger partial charge in [-0.05, 0) is 67.1 Å². The van der Waals surface area contributed by atoms with E-state index in [2.05, 4.69) is 15.8 Å². The number of halogens is 1. The fourth-order valence-corrected chi connectivity index (χ4v) is 2.51. The maximum absolute atomic E-state index is 14.2. The fourth-order valence-electron chi connectivity index (χ4n) is 2.51. The second kappa shape index (κ2) is 10.5. The van der Waals surface area contributed by atoms with Crippen molar-refractivity contribution in [3.63, 3.8) is 0 Å². The Bertz CT molecular complexity index is 1070. The van der Waals surface area contributed by atoms with Crippen molar-refractivity contribution in [1.82, 2.24) is 15.8 Å². The van der Waals surface area contributed by atoms with E-state index in [-0.39, 0.29) is 5.75 Å². The van der Waals surface area contributed by atoms with Crippen LogP contribution in [-0.4, -0.2) is 23.4 Å². The summed E-state index contributed by atoms with van der Waals surface area (Å²) >= 11 is 0. The Labute approximate surface area is 178 Å². The second-order valence-electron chi connectivity index (χ2n) is 6.21. The topological polar surface area (TPSA) is 89.6 Å². The number of pyridine rings is 1. The van der Waals surface area contributed by atoms with Crippen molar-refractivity contribution in [3.8, 4) is 17.2 Å². The summed E-state index contributed by atoms with van der Waals surface area (Å²) in [6, 6.07) is 14.1. The first-order chi connectivity index (χ1) is 15.0. The van der Waals surface area contributed by atoms with E-state index in [0.29, 0.717) is 29.2 Å². The zero-order valence-electron chi connectivity index (χ0n) is 16.7. The van der Waals surface area contributed by atoms with Gasteiger partial charge in [0.25, 0.3) is 11.8 Å². The van der Waals surface area contributed by atoms with Gasteiger partial charge in [0.1, 0.15) is 11.5 Å². The molecule has 2 aromatic carbocycles. The molecule has 158 valence electrons. The molecule has 0 spiro atoms. The smallest absolute Gasteiger partial charge is 0.269 e. The molecule has 2 amide bonds. The summed E-state index contributed by atoms with van der Waals surface area (Å²) in [6.07, 6.45) is 5.64. The number of rotatable bonds is 7. The monoisotopic (exact) mass is 421 g/mol. The molecule has 8 heteroatoms. The number of carbonyl (C=O) groups is 2. The van der Waals surface area contributed by atoms with E-state index >= 15 is 0 Å². The fraction of sp³-hybridized carbons (Fsp3) is 0.0870. The zero-order valence-corrected chi connectivity index (χ0v) is 16.7. The summed E-state index contributed by atoms with van der Waals surface area (Å²) in [5.74, 6) is -0.544. The molecule has 7 nitrogen and oxygen atoms in total. The van der Waals surface area contributed by atoms with E-state index in [0.717, 1.165) is 0 Å². The molecule has 0 aliphatic heterocycles. The number of nitrogens with zero attached hydrogens (tertiary/aromatic N) is 1. The molecule has 3 rings (SSSR count). The van der Waals surface area contributed by atoms with E-state index in [1.807, 2.05) is 6.92 Å². The van der Waals surface area contributed by atoms with Crippen LogP contribution in [0.15, 0.2) is 73.1 Å². The van der Waals surface area contributed by atoms with E-state index < -0.39 is 17.6 Å². The molecule has 31 heavy (non-hydrogen) atoms. The van der Waals surface area contributed by atoms with Gasteiger partial charge in [0, 0.05) is 17.8 Å². The molecule has 0 saturated carbocycles. The van der Waals surface area contributed by atoms with Crippen molar-refractivity contribution < 1.29 is 23.5 Å². The molecule has 0 aliphatic rings. The van der Waals surface area contributed by atoms with Crippen LogP contribution in [0.3, 0.4) is 0 Å². The zero-order chi connectivity index (χ0) is 22.1. The van der Waals surface area contributed by atoms with Crippen LogP contribution in [0.2, 0.25) is 0 Å². The molecule has 1 heterocycles. The Morgan fingerprint density at radius 3 is 2.55 bits per heavy atom. The van der Waals surface area contributed by atoms with Gasteiger partial charge in [-0.2, -0.15) is 0 Å². The minimum absolute atomic E-state index is 0.0391. The summed E-state index contributed by atoms with van der Waals surface area (Å²) < 4.78 is 25.0. The molecule has 2 N–H and O–H groups in total. The van der Waals surface area contributed by atoms with E-state index in [1.165, 1.54) is 30.5 Å². The number of ether oxygens (including phenoxy) is 2. The summed E-state index contributed by atoms with van der Waals surface area (Å²) in [5, 5.41) is 0. The SMILES string of the molecule is CCOc1ccc(C(=O)NNC(=O)/C=C/c2ccc(Oc3cccnc3)c(F)c2)cc1. The Hall–Kier alpha value is -4.20. The van der Waals surface area contributed by atoms with Crippen LogP contribution >= 0.6 is 0 Å². The number of hydrazine groups is 1. The first kappa shape index (κ1) is 21.5. The predicted octanol–water partition coefficient (Wildman–Crippen LogP) is 3.89. The van der Waals surface area contributed by atoms with Gasteiger partial charge in [0.2, 0.25) is 0 Å².